The summed E-state index contributed by atoms with van der Waals surface area (Å²) in [5.74, 6) is 0.0714. The number of nitrogens with zero attached hydrogens (tertiary/aromatic N) is 2. The predicted molar refractivity (Wildman–Crippen MR) is 47.6 cm³/mol. The van der Waals surface area contributed by atoms with E-state index in [1.165, 1.54) is 11.9 Å². The molecule has 0 amide bonds. The van der Waals surface area contributed by atoms with E-state index in [-0.39, 0.29) is 5.78 Å². The normalized spacial score (nSPS) is 11.0. The summed E-state index contributed by atoms with van der Waals surface area (Å²) in [6.45, 7) is 7.55. The summed E-state index contributed by atoms with van der Waals surface area (Å²) >= 11 is 0. The topological polar surface area (TPSA) is 49.7 Å². The molecule has 0 aliphatic heterocycles. The Bertz CT molecular complexity index is 178. The number of Topliss-reactive ketones (excluding diaryl/α,β-unsaturated/α-hetero) is 1. The van der Waals surface area contributed by atoms with E-state index in [2.05, 4.69) is 5.29 Å². The average Bonchev–Trinajstić information content (AvgIpc) is 1.85. The van der Waals surface area contributed by atoms with Crippen molar-refractivity contribution in [1.82, 2.24) is 5.01 Å². The number of carbonyl (C=O) groups excluding carboxylic acids is 1. The van der Waals surface area contributed by atoms with Crippen LogP contribution >= 0.6 is 0 Å². The molecule has 0 aliphatic rings. The summed E-state index contributed by atoms with van der Waals surface area (Å²) in [5, 5.41) is 4.25. The molecule has 0 aromatic carbocycles. The van der Waals surface area contributed by atoms with Crippen LogP contribution in [0.25, 0.3) is 0 Å². The molecule has 0 atom stereocenters. The second-order valence-electron chi connectivity index (χ2n) is 3.49. The van der Waals surface area contributed by atoms with Gasteiger partial charge in [0.15, 0.2) is 0 Å². The average molecular weight is 172 g/mol. The Labute approximate surface area is 72.9 Å². The van der Waals surface area contributed by atoms with Crippen molar-refractivity contribution in [3.63, 3.8) is 0 Å². The third-order valence-corrected chi connectivity index (χ3v) is 1.78. The van der Waals surface area contributed by atoms with Gasteiger partial charge < -0.3 is 0 Å². The minimum atomic E-state index is -0.456. The molecule has 0 spiro atoms. The molecule has 0 aromatic heterocycles. The summed E-state index contributed by atoms with van der Waals surface area (Å²) in [6.07, 6.45) is 0.354. The lowest BCUT2D eigenvalue weighted by Crippen LogP contribution is -2.41. The maximum absolute atomic E-state index is 10.8. The minimum Gasteiger partial charge on any atom is -0.300 e. The Morgan fingerprint density at radius 3 is 2.25 bits per heavy atom. The lowest BCUT2D eigenvalue weighted by atomic mass is 9.97. The van der Waals surface area contributed by atoms with Gasteiger partial charge in [0.1, 0.15) is 5.78 Å². The maximum Gasteiger partial charge on any atom is 0.132 e. The van der Waals surface area contributed by atoms with E-state index in [4.69, 9.17) is 0 Å². The zero-order chi connectivity index (χ0) is 9.78. The Morgan fingerprint density at radius 2 is 2.00 bits per heavy atom. The van der Waals surface area contributed by atoms with Crippen molar-refractivity contribution in [2.75, 3.05) is 6.54 Å². The molecule has 4 heteroatoms. The Balaban J connectivity index is 4.34. The summed E-state index contributed by atoms with van der Waals surface area (Å²) < 4.78 is 0. The molecule has 0 rings (SSSR count). The molecule has 0 N–H and O–H groups in total. The van der Waals surface area contributed by atoms with Gasteiger partial charge >= 0.3 is 0 Å². The molecule has 0 aliphatic carbocycles. The van der Waals surface area contributed by atoms with Crippen LogP contribution in [0.15, 0.2) is 5.29 Å². The number of rotatable bonds is 5. The molecule has 70 valence electrons. The molecule has 0 fully saturated rings. The largest absolute Gasteiger partial charge is 0.300 e. The molecule has 0 saturated heterocycles. The molecular formula is C8H16N2O2. The molecule has 0 saturated carbocycles. The fourth-order valence-corrected chi connectivity index (χ4v) is 1.30. The highest BCUT2D eigenvalue weighted by molar-refractivity contribution is 5.76. The van der Waals surface area contributed by atoms with E-state index in [9.17, 15) is 9.70 Å². The van der Waals surface area contributed by atoms with E-state index in [0.29, 0.717) is 13.0 Å². The predicted octanol–water partition coefficient (Wildman–Crippen LogP) is 1.75. The summed E-state index contributed by atoms with van der Waals surface area (Å²) in [7, 11) is 0. The van der Waals surface area contributed by atoms with Gasteiger partial charge in [-0.1, -0.05) is 0 Å². The molecule has 0 heterocycles. The first-order chi connectivity index (χ1) is 5.44. The van der Waals surface area contributed by atoms with Crippen LogP contribution in [0.5, 0.6) is 0 Å². The second-order valence-corrected chi connectivity index (χ2v) is 3.49. The SMILES string of the molecule is CCN(N=O)C(C)(C)CC(C)=O. The third kappa shape index (κ3) is 2.98. The van der Waals surface area contributed by atoms with Crippen LogP contribution < -0.4 is 0 Å². The highest BCUT2D eigenvalue weighted by atomic mass is 16.3. The summed E-state index contributed by atoms with van der Waals surface area (Å²) in [4.78, 5) is 21.2. The summed E-state index contributed by atoms with van der Waals surface area (Å²) in [5.41, 5.74) is -0.456. The highest BCUT2D eigenvalue weighted by Crippen LogP contribution is 2.18. The first-order valence-corrected chi connectivity index (χ1v) is 4.04. The van der Waals surface area contributed by atoms with Crippen LogP contribution in [0, 0.1) is 4.91 Å². The van der Waals surface area contributed by atoms with Gasteiger partial charge in [-0.05, 0) is 27.7 Å². The van der Waals surface area contributed by atoms with Crippen molar-refractivity contribution in [2.45, 2.75) is 39.7 Å². The lowest BCUT2D eigenvalue weighted by Gasteiger charge is -2.31. The van der Waals surface area contributed by atoms with Crippen molar-refractivity contribution in [3.05, 3.63) is 4.91 Å². The van der Waals surface area contributed by atoms with Crippen LogP contribution in [-0.2, 0) is 4.79 Å². The van der Waals surface area contributed by atoms with Gasteiger partial charge in [-0.2, -0.15) is 0 Å². The summed E-state index contributed by atoms with van der Waals surface area (Å²) in [6, 6.07) is 0. The van der Waals surface area contributed by atoms with Crippen LogP contribution in [0.4, 0.5) is 0 Å². The standard InChI is InChI=1S/C8H16N2O2/c1-5-10(9-12)8(3,4)6-7(2)11/h5-6H2,1-4H3. The lowest BCUT2D eigenvalue weighted by molar-refractivity contribution is -0.119. The third-order valence-electron chi connectivity index (χ3n) is 1.78. The maximum atomic E-state index is 10.8. The number of carbonyl (C=O) groups is 1. The first kappa shape index (κ1) is 11.1. The molecule has 0 radical (unpaired) electrons. The van der Waals surface area contributed by atoms with Crippen molar-refractivity contribution in [3.8, 4) is 0 Å². The quantitative estimate of drug-likeness (QED) is 0.469. The first-order valence-electron chi connectivity index (χ1n) is 4.04. The van der Waals surface area contributed by atoms with Gasteiger partial charge in [-0.25, -0.2) is 0 Å². The Kier molecular flexibility index (Phi) is 3.86. The number of nitroso groups, excluding NO2 is 1. The molecule has 4 nitrogen and oxygen atoms in total. The van der Waals surface area contributed by atoms with Crippen LogP contribution in [0.3, 0.4) is 0 Å². The smallest absolute Gasteiger partial charge is 0.132 e. The van der Waals surface area contributed by atoms with Crippen LogP contribution in [-0.4, -0.2) is 22.9 Å². The minimum absolute atomic E-state index is 0.0714. The van der Waals surface area contributed by atoms with Gasteiger partial charge in [0.05, 0.1) is 10.8 Å². The van der Waals surface area contributed by atoms with E-state index >= 15 is 0 Å². The van der Waals surface area contributed by atoms with Gasteiger partial charge in [0.25, 0.3) is 0 Å². The van der Waals surface area contributed by atoms with Crippen LogP contribution in [0.2, 0.25) is 0 Å². The molecule has 0 bridgehead atoms. The van der Waals surface area contributed by atoms with Crippen molar-refractivity contribution < 1.29 is 4.79 Å². The molecular weight excluding hydrogens is 156 g/mol. The number of hydrogen-bond acceptors (Lipinski definition) is 3. The van der Waals surface area contributed by atoms with Crippen molar-refractivity contribution >= 4 is 5.78 Å². The van der Waals surface area contributed by atoms with Crippen LogP contribution in [0.1, 0.15) is 34.1 Å². The zero-order valence-corrected chi connectivity index (χ0v) is 8.13. The van der Waals surface area contributed by atoms with Gasteiger partial charge in [0, 0.05) is 13.0 Å². The monoisotopic (exact) mass is 172 g/mol. The van der Waals surface area contributed by atoms with Gasteiger partial charge in [-0.15, -0.1) is 4.91 Å². The van der Waals surface area contributed by atoms with E-state index in [1.807, 2.05) is 20.8 Å². The Hall–Kier alpha value is -0.930. The van der Waals surface area contributed by atoms with E-state index in [0.717, 1.165) is 0 Å². The zero-order valence-electron chi connectivity index (χ0n) is 8.13. The second kappa shape index (κ2) is 4.18. The molecule has 12 heavy (non-hydrogen) atoms. The van der Waals surface area contributed by atoms with Crippen molar-refractivity contribution in [2.24, 2.45) is 5.29 Å². The fraction of sp³-hybridized carbons (Fsp3) is 0.875. The molecule has 0 aromatic rings. The van der Waals surface area contributed by atoms with E-state index in [1.54, 1.807) is 0 Å². The Morgan fingerprint density at radius 1 is 1.50 bits per heavy atom. The number of ketones is 1. The van der Waals surface area contributed by atoms with Crippen molar-refractivity contribution in [1.29, 1.82) is 0 Å². The number of hydrogen-bond donors (Lipinski definition) is 0. The van der Waals surface area contributed by atoms with E-state index < -0.39 is 5.54 Å². The fourth-order valence-electron chi connectivity index (χ4n) is 1.30. The van der Waals surface area contributed by atoms with Gasteiger partial charge in [0.2, 0.25) is 0 Å². The highest BCUT2D eigenvalue weighted by Gasteiger charge is 2.27. The van der Waals surface area contributed by atoms with Gasteiger partial charge in [-0.3, -0.25) is 9.80 Å². The molecule has 0 unspecified atom stereocenters.